The average Bonchev–Trinajstić information content (AvgIpc) is 2.88. The van der Waals surface area contributed by atoms with Crippen molar-refractivity contribution < 1.29 is 17.9 Å². The van der Waals surface area contributed by atoms with Crippen molar-refractivity contribution in [3.05, 3.63) is 58.6 Å². The molecule has 4 nitrogen and oxygen atoms in total. The van der Waals surface area contributed by atoms with E-state index in [4.69, 9.17) is 28.6 Å². The van der Waals surface area contributed by atoms with Crippen LogP contribution in [0.15, 0.2) is 42.5 Å². The summed E-state index contributed by atoms with van der Waals surface area (Å²) in [4.78, 5) is 5.48. The van der Waals surface area contributed by atoms with Crippen LogP contribution in [0.1, 0.15) is 57.6 Å². The lowest BCUT2D eigenvalue weighted by atomic mass is 9.87. The van der Waals surface area contributed by atoms with Crippen LogP contribution >= 0.6 is 23.8 Å². The first-order valence-corrected chi connectivity index (χ1v) is 14.1. The zero-order chi connectivity index (χ0) is 27.5. The van der Waals surface area contributed by atoms with E-state index in [0.29, 0.717) is 12.3 Å². The van der Waals surface area contributed by atoms with Crippen LogP contribution in [-0.2, 0) is 16.3 Å². The molecule has 0 amide bonds. The summed E-state index contributed by atoms with van der Waals surface area (Å²) in [7, 11) is 0. The van der Waals surface area contributed by atoms with Crippen molar-refractivity contribution in [3.63, 3.8) is 0 Å². The van der Waals surface area contributed by atoms with Crippen LogP contribution in [-0.4, -0.2) is 54.8 Å². The molecule has 0 unspecified atom stereocenters. The summed E-state index contributed by atoms with van der Waals surface area (Å²) >= 11 is 11.4. The molecule has 1 N–H and O–H groups in total. The number of nitrogens with zero attached hydrogens (tertiary/aromatic N) is 2. The third-order valence-corrected chi connectivity index (χ3v) is 8.20. The predicted octanol–water partition coefficient (Wildman–Crippen LogP) is 7.55. The maximum absolute atomic E-state index is 13.1. The van der Waals surface area contributed by atoms with E-state index in [9.17, 15) is 13.2 Å². The quantitative estimate of drug-likeness (QED) is 0.364. The average molecular weight is 568 g/mol. The molecule has 1 aliphatic carbocycles. The number of anilines is 2. The van der Waals surface area contributed by atoms with Crippen LogP contribution in [0.5, 0.6) is 0 Å². The molecule has 0 aromatic heterocycles. The van der Waals surface area contributed by atoms with E-state index >= 15 is 0 Å². The van der Waals surface area contributed by atoms with E-state index in [0.717, 1.165) is 62.9 Å². The van der Waals surface area contributed by atoms with E-state index in [1.807, 2.05) is 0 Å². The van der Waals surface area contributed by atoms with Gasteiger partial charge in [0.1, 0.15) is 4.99 Å². The number of benzene rings is 2. The smallest absolute Gasteiger partial charge is 0.382 e. The molecule has 2 aromatic rings. The Kier molecular flexibility index (Phi) is 9.15. The summed E-state index contributed by atoms with van der Waals surface area (Å²) in [5.74, 6) is 0. The number of alkyl halides is 3. The Balaban J connectivity index is 1.17. The normalized spacial score (nSPS) is 20.9. The van der Waals surface area contributed by atoms with Gasteiger partial charge in [0.05, 0.1) is 23.3 Å². The molecule has 1 heterocycles. The van der Waals surface area contributed by atoms with Gasteiger partial charge in [-0.3, -0.25) is 0 Å². The summed E-state index contributed by atoms with van der Waals surface area (Å²) in [6.07, 6.45) is -1.01. The number of thiocarbonyl (C=S) groups is 1. The molecule has 4 rings (SSSR count). The monoisotopic (exact) mass is 567 g/mol. The van der Waals surface area contributed by atoms with Gasteiger partial charge >= 0.3 is 6.18 Å². The molecule has 0 bridgehead atoms. The Labute approximate surface area is 234 Å². The van der Waals surface area contributed by atoms with Gasteiger partial charge in [-0.1, -0.05) is 56.7 Å². The molecular formula is C29H37ClF3N3OS. The van der Waals surface area contributed by atoms with E-state index in [1.165, 1.54) is 17.3 Å². The Hall–Kier alpha value is -2.03. The third-order valence-electron chi connectivity index (χ3n) is 7.49. The molecule has 2 aliphatic rings. The number of piperazine rings is 1. The molecule has 0 spiro atoms. The van der Waals surface area contributed by atoms with E-state index in [2.05, 4.69) is 60.2 Å². The van der Waals surface area contributed by atoms with Gasteiger partial charge in [-0.05, 0) is 67.0 Å². The van der Waals surface area contributed by atoms with Gasteiger partial charge in [-0.15, -0.1) is 0 Å². The number of rotatable bonds is 6. The minimum Gasteiger partial charge on any atom is -0.382 e. The highest BCUT2D eigenvalue weighted by molar-refractivity contribution is 7.80. The first-order chi connectivity index (χ1) is 17.9. The van der Waals surface area contributed by atoms with Crippen molar-refractivity contribution in [2.75, 3.05) is 43.0 Å². The van der Waals surface area contributed by atoms with E-state index in [1.54, 1.807) is 6.07 Å². The topological polar surface area (TPSA) is 27.7 Å². The van der Waals surface area contributed by atoms with Crippen LogP contribution in [0, 0.1) is 0 Å². The number of ether oxygens (including phenoxy) is 1. The van der Waals surface area contributed by atoms with Crippen LogP contribution in [0.25, 0.3) is 0 Å². The van der Waals surface area contributed by atoms with Crippen molar-refractivity contribution in [2.45, 2.75) is 70.2 Å². The number of halogens is 4. The Morgan fingerprint density at radius 2 is 1.61 bits per heavy atom. The zero-order valence-corrected chi connectivity index (χ0v) is 23.9. The lowest BCUT2D eigenvalue weighted by Gasteiger charge is -2.38. The van der Waals surface area contributed by atoms with E-state index in [-0.39, 0.29) is 22.6 Å². The minimum atomic E-state index is -4.47. The van der Waals surface area contributed by atoms with Crippen LogP contribution < -0.4 is 10.2 Å². The highest BCUT2D eigenvalue weighted by Gasteiger charge is 2.33. The van der Waals surface area contributed by atoms with Crippen molar-refractivity contribution in [2.24, 2.45) is 0 Å². The maximum Gasteiger partial charge on any atom is 0.417 e. The van der Waals surface area contributed by atoms with Crippen molar-refractivity contribution in [3.8, 4) is 0 Å². The molecule has 1 aliphatic heterocycles. The maximum atomic E-state index is 13.1. The second-order valence-electron chi connectivity index (χ2n) is 11.3. The highest BCUT2D eigenvalue weighted by atomic mass is 35.5. The molecule has 2 fully saturated rings. The third kappa shape index (κ3) is 7.54. The van der Waals surface area contributed by atoms with Gasteiger partial charge in [-0.2, -0.15) is 13.2 Å². The first kappa shape index (κ1) is 29.0. The van der Waals surface area contributed by atoms with Crippen molar-refractivity contribution in [1.29, 1.82) is 0 Å². The van der Waals surface area contributed by atoms with Gasteiger partial charge in [0.2, 0.25) is 0 Å². The van der Waals surface area contributed by atoms with Gasteiger partial charge in [0, 0.05) is 43.6 Å². The molecule has 1 saturated carbocycles. The second-order valence-corrected chi connectivity index (χ2v) is 12.2. The fourth-order valence-electron chi connectivity index (χ4n) is 5.11. The predicted molar refractivity (Wildman–Crippen MR) is 154 cm³/mol. The first-order valence-electron chi connectivity index (χ1n) is 13.3. The van der Waals surface area contributed by atoms with Crippen LogP contribution in [0.2, 0.25) is 5.02 Å². The van der Waals surface area contributed by atoms with Crippen LogP contribution in [0.3, 0.4) is 0 Å². The Morgan fingerprint density at radius 1 is 0.974 bits per heavy atom. The molecular weight excluding hydrogens is 531 g/mol. The number of hydrogen-bond acceptors (Lipinski definition) is 4. The Bertz CT molecular complexity index is 1090. The molecule has 1 saturated heterocycles. The molecule has 9 heteroatoms. The fraction of sp³-hybridized carbons (Fsp3) is 0.552. The van der Waals surface area contributed by atoms with Gasteiger partial charge < -0.3 is 19.9 Å². The molecule has 0 atom stereocenters. The van der Waals surface area contributed by atoms with Crippen molar-refractivity contribution >= 4 is 40.2 Å². The molecule has 0 radical (unpaired) electrons. The summed E-state index contributed by atoms with van der Waals surface area (Å²) in [6.45, 7) is 10.7. The highest BCUT2D eigenvalue weighted by Crippen LogP contribution is 2.37. The lowest BCUT2D eigenvalue weighted by Crippen LogP contribution is -2.49. The standard InChI is InChI=1S/C29H37ClF3N3OS/c1-28(2,3)20-4-9-23(10-5-20)35-14-16-36(17-15-35)27(38)19-37-24-11-6-21(7-12-24)34-22-8-13-26(30)25(18-22)29(31,32)33/h4-5,8-10,13,18,21,24,34H,6-7,11-12,14-17,19H2,1-3H3. The van der Waals surface area contributed by atoms with E-state index < -0.39 is 11.7 Å². The summed E-state index contributed by atoms with van der Waals surface area (Å²) in [6, 6.07) is 13.0. The molecule has 208 valence electrons. The SMILES string of the molecule is CC(C)(C)c1ccc(N2CCN(C(=S)COC3CCC(Nc4ccc(Cl)c(C(F)(F)F)c4)CC3)CC2)cc1. The summed E-state index contributed by atoms with van der Waals surface area (Å²) in [5, 5.41) is 2.95. The summed E-state index contributed by atoms with van der Waals surface area (Å²) < 4.78 is 45.6. The number of hydrogen-bond donors (Lipinski definition) is 1. The van der Waals surface area contributed by atoms with Gasteiger partial charge in [-0.25, -0.2) is 0 Å². The Morgan fingerprint density at radius 3 is 2.18 bits per heavy atom. The van der Waals surface area contributed by atoms with Crippen molar-refractivity contribution in [1.82, 2.24) is 4.90 Å². The fourth-order valence-corrected chi connectivity index (χ4v) is 5.58. The largest absolute Gasteiger partial charge is 0.417 e. The zero-order valence-electron chi connectivity index (χ0n) is 22.3. The molecule has 2 aromatic carbocycles. The minimum absolute atomic E-state index is 0.106. The second kappa shape index (κ2) is 12.0. The number of nitrogens with one attached hydrogen (secondary N) is 1. The lowest BCUT2D eigenvalue weighted by molar-refractivity contribution is -0.137. The summed E-state index contributed by atoms with van der Waals surface area (Å²) in [5.41, 5.74) is 2.36. The van der Waals surface area contributed by atoms with Gasteiger partial charge in [0.15, 0.2) is 0 Å². The van der Waals surface area contributed by atoms with Gasteiger partial charge in [0.25, 0.3) is 0 Å². The molecule has 38 heavy (non-hydrogen) atoms. The van der Waals surface area contributed by atoms with Crippen LogP contribution in [0.4, 0.5) is 24.5 Å².